The van der Waals surface area contributed by atoms with E-state index in [1.165, 1.54) is 0 Å². The van der Waals surface area contributed by atoms with E-state index in [4.69, 9.17) is 56.8 Å². The Balaban J connectivity index is 1.29. The van der Waals surface area contributed by atoms with Crippen LogP contribution in [-0.2, 0) is 71.2 Å². The number of rotatable bonds is 13. The van der Waals surface area contributed by atoms with Gasteiger partial charge in [0.25, 0.3) is 0 Å². The van der Waals surface area contributed by atoms with E-state index in [1.54, 1.807) is 41.5 Å². The smallest absolute Gasteiger partial charge is 0.311 e. The van der Waals surface area contributed by atoms with Gasteiger partial charge in [0.2, 0.25) is 0 Å². The van der Waals surface area contributed by atoms with Crippen LogP contribution < -0.4 is 0 Å². The van der Waals surface area contributed by atoms with Crippen molar-refractivity contribution >= 4 is 17.9 Å². The molecule has 0 saturated carbocycles. The highest BCUT2D eigenvalue weighted by molar-refractivity contribution is 5.70. The molecule has 5 fully saturated rings. The molecular formula is C32H50O17. The van der Waals surface area contributed by atoms with E-state index in [2.05, 4.69) is 0 Å². The molecule has 3 unspecified atom stereocenters. The molecule has 0 aromatic heterocycles. The average Bonchev–Trinajstić information content (AvgIpc) is 3.41. The van der Waals surface area contributed by atoms with Crippen LogP contribution in [0.3, 0.4) is 0 Å². The fraction of sp³-hybridized carbons (Fsp3) is 0.906. The van der Waals surface area contributed by atoms with Gasteiger partial charge in [-0.25, -0.2) is 0 Å². The number of ether oxygens (including phenoxy) is 12. The summed E-state index contributed by atoms with van der Waals surface area (Å²) in [6.45, 7) is 10.7. The Morgan fingerprint density at radius 2 is 1.10 bits per heavy atom. The molecule has 280 valence electrons. The van der Waals surface area contributed by atoms with Crippen LogP contribution in [0.1, 0.15) is 73.6 Å². The zero-order valence-electron chi connectivity index (χ0n) is 28.9. The highest BCUT2D eigenvalue weighted by atomic mass is 16.8. The van der Waals surface area contributed by atoms with E-state index in [0.29, 0.717) is 0 Å². The highest BCUT2D eigenvalue weighted by Crippen LogP contribution is 2.45. The predicted octanol–water partition coefficient (Wildman–Crippen LogP) is 0.578. The molecule has 0 aromatic rings. The number of carbonyl (C=O) groups is 3. The standard InChI is InChI=1S/C32H50O17/c1-7-38-19(33)10-12-30(4)41-16-18-25(47-30)26-27(49-31(5,48-26)13-11-20(34)39-8-2)29(44-18)45-28-23(37)22(36)24-17(43-28)15-42-32(6,46-24)14-21(35)40-9-3/h17-18,22-29,36-37H,7-16H2,1-6H3/t17-,18-,22-,23-,24-,25-,26+,27-,28-,29-,30?,31?,32?/m1/s1. The Labute approximate surface area is 284 Å². The summed E-state index contributed by atoms with van der Waals surface area (Å²) in [5.74, 6) is -5.21. The third-order valence-electron chi connectivity index (χ3n) is 9.10. The maximum Gasteiger partial charge on any atom is 0.311 e. The minimum absolute atomic E-state index is 0.0142. The lowest BCUT2D eigenvalue weighted by Gasteiger charge is -2.51. The molecule has 0 aliphatic carbocycles. The van der Waals surface area contributed by atoms with Crippen molar-refractivity contribution in [3.05, 3.63) is 0 Å². The summed E-state index contributed by atoms with van der Waals surface area (Å²) < 4.78 is 70.6. The van der Waals surface area contributed by atoms with Crippen LogP contribution in [-0.4, -0.2) is 140 Å². The van der Waals surface area contributed by atoms with Crippen LogP contribution in [0.5, 0.6) is 0 Å². The molecule has 5 saturated heterocycles. The van der Waals surface area contributed by atoms with E-state index in [9.17, 15) is 24.6 Å². The second-order valence-electron chi connectivity index (χ2n) is 13.1. The molecule has 49 heavy (non-hydrogen) atoms. The number of aliphatic hydroxyl groups excluding tert-OH is 2. The predicted molar refractivity (Wildman–Crippen MR) is 160 cm³/mol. The van der Waals surface area contributed by atoms with Crippen LogP contribution in [0.25, 0.3) is 0 Å². The van der Waals surface area contributed by atoms with Crippen molar-refractivity contribution in [1.29, 1.82) is 0 Å². The first-order valence-corrected chi connectivity index (χ1v) is 17.0. The molecule has 5 aliphatic rings. The molecule has 13 atom stereocenters. The van der Waals surface area contributed by atoms with E-state index >= 15 is 0 Å². The van der Waals surface area contributed by atoms with E-state index < -0.39 is 90.7 Å². The molecule has 17 heteroatoms. The molecule has 17 nitrogen and oxygen atoms in total. The number of hydrogen-bond acceptors (Lipinski definition) is 17. The second kappa shape index (κ2) is 15.7. The summed E-state index contributed by atoms with van der Waals surface area (Å²) in [7, 11) is 0. The second-order valence-corrected chi connectivity index (χ2v) is 13.1. The third-order valence-corrected chi connectivity index (χ3v) is 9.10. The molecule has 0 spiro atoms. The number of fused-ring (bicyclic) bond motifs is 4. The number of hydrogen-bond donors (Lipinski definition) is 2. The molecule has 2 N–H and O–H groups in total. The van der Waals surface area contributed by atoms with Gasteiger partial charge in [-0.15, -0.1) is 0 Å². The van der Waals surface area contributed by atoms with E-state index in [-0.39, 0.29) is 71.1 Å². The number of esters is 3. The molecule has 0 radical (unpaired) electrons. The van der Waals surface area contributed by atoms with Gasteiger partial charge in [-0.1, -0.05) is 0 Å². The summed E-state index contributed by atoms with van der Waals surface area (Å²) >= 11 is 0. The first-order chi connectivity index (χ1) is 23.2. The van der Waals surface area contributed by atoms with Gasteiger partial charge in [-0.2, -0.15) is 0 Å². The Hall–Kier alpha value is -2.03. The van der Waals surface area contributed by atoms with Crippen LogP contribution in [0.15, 0.2) is 0 Å². The fourth-order valence-corrected chi connectivity index (χ4v) is 6.66. The van der Waals surface area contributed by atoms with Crippen molar-refractivity contribution < 1.29 is 81.4 Å². The maximum absolute atomic E-state index is 12.2. The van der Waals surface area contributed by atoms with Gasteiger partial charge in [0.05, 0.1) is 52.3 Å². The highest BCUT2D eigenvalue weighted by Gasteiger charge is 2.62. The van der Waals surface area contributed by atoms with Crippen LogP contribution in [0.2, 0.25) is 0 Å². The molecule has 5 aliphatic heterocycles. The Bertz CT molecular complexity index is 1170. The van der Waals surface area contributed by atoms with Crippen molar-refractivity contribution in [2.45, 2.75) is 152 Å². The zero-order valence-corrected chi connectivity index (χ0v) is 28.9. The molecule has 5 rings (SSSR count). The quantitative estimate of drug-likeness (QED) is 0.199. The van der Waals surface area contributed by atoms with Gasteiger partial charge in [0.1, 0.15) is 48.8 Å². The van der Waals surface area contributed by atoms with E-state index in [1.807, 2.05) is 0 Å². The summed E-state index contributed by atoms with van der Waals surface area (Å²) in [5, 5.41) is 22.3. The first-order valence-electron chi connectivity index (χ1n) is 17.0. The fourth-order valence-electron chi connectivity index (χ4n) is 6.66. The summed E-state index contributed by atoms with van der Waals surface area (Å²) in [4.78, 5) is 36.4. The van der Waals surface area contributed by atoms with Crippen molar-refractivity contribution in [3.8, 4) is 0 Å². The first kappa shape index (κ1) is 38.2. The van der Waals surface area contributed by atoms with E-state index in [0.717, 1.165) is 0 Å². The number of aliphatic hydroxyl groups is 2. The monoisotopic (exact) mass is 706 g/mol. The summed E-state index contributed by atoms with van der Waals surface area (Å²) in [5.41, 5.74) is 0. The average molecular weight is 707 g/mol. The van der Waals surface area contributed by atoms with Crippen molar-refractivity contribution in [1.82, 2.24) is 0 Å². The zero-order chi connectivity index (χ0) is 35.6. The largest absolute Gasteiger partial charge is 0.466 e. The van der Waals surface area contributed by atoms with Crippen LogP contribution >= 0.6 is 0 Å². The van der Waals surface area contributed by atoms with Gasteiger partial charge in [0.15, 0.2) is 29.9 Å². The Morgan fingerprint density at radius 3 is 1.73 bits per heavy atom. The minimum Gasteiger partial charge on any atom is -0.466 e. The molecular weight excluding hydrogens is 656 g/mol. The van der Waals surface area contributed by atoms with Crippen LogP contribution in [0, 0.1) is 0 Å². The van der Waals surface area contributed by atoms with Crippen molar-refractivity contribution in [2.24, 2.45) is 0 Å². The topological polar surface area (TPSA) is 202 Å². The summed E-state index contributed by atoms with van der Waals surface area (Å²) in [6, 6.07) is 0. The minimum atomic E-state index is -1.60. The van der Waals surface area contributed by atoms with Gasteiger partial charge in [-0.3, -0.25) is 14.4 Å². The molecule has 0 amide bonds. The summed E-state index contributed by atoms with van der Waals surface area (Å²) in [6.07, 6.45) is -10.7. The van der Waals surface area contributed by atoms with Gasteiger partial charge in [-0.05, 0) is 41.5 Å². The Kier molecular flexibility index (Phi) is 12.2. The third kappa shape index (κ3) is 8.89. The molecule has 5 heterocycles. The Morgan fingerprint density at radius 1 is 0.612 bits per heavy atom. The lowest BCUT2D eigenvalue weighted by atomic mass is 9.95. The normalized spacial score (nSPS) is 43.1. The van der Waals surface area contributed by atoms with Gasteiger partial charge >= 0.3 is 17.9 Å². The van der Waals surface area contributed by atoms with Crippen molar-refractivity contribution in [3.63, 3.8) is 0 Å². The molecule has 0 bridgehead atoms. The van der Waals surface area contributed by atoms with Gasteiger partial charge < -0.3 is 67.1 Å². The van der Waals surface area contributed by atoms with Crippen LogP contribution in [0.4, 0.5) is 0 Å². The maximum atomic E-state index is 12.2. The SMILES string of the molecule is CCOC(=O)CCC1(C)O[C@@H]2[C@@H](O1)[C@@H](O[C@H]1O[C@@H]3COC(C)(CC(=O)OCC)O[C@H]3[C@H](O)[C@H]1O)O[C@@H]1COC(C)(CCC(=O)OCC)O[C@@H]21. The van der Waals surface area contributed by atoms with Crippen molar-refractivity contribution in [2.75, 3.05) is 33.0 Å². The lowest BCUT2D eigenvalue weighted by molar-refractivity contribution is -0.421. The van der Waals surface area contributed by atoms with Gasteiger partial charge in [0, 0.05) is 12.8 Å². The lowest BCUT2D eigenvalue weighted by Crippen LogP contribution is -2.68. The number of carbonyl (C=O) groups excluding carboxylic acids is 3. The molecule has 0 aromatic carbocycles.